The average Bonchev–Trinajstić information content (AvgIpc) is 2.72. The molecule has 0 radical (unpaired) electrons. The van der Waals surface area contributed by atoms with Crippen molar-refractivity contribution in [2.24, 2.45) is 0 Å². The number of benzene rings is 3. The fourth-order valence-electron chi connectivity index (χ4n) is 3.33. The SMILES string of the molecule is BrCCCC[P+](c1ccccc1)(c1ccccc1)c1ccccc1.[Br][Fe-]([Br])([Br])[Br]. The molecule has 0 unspecified atom stereocenters. The van der Waals surface area contributed by atoms with Crippen LogP contribution in [0.25, 0.3) is 0 Å². The van der Waals surface area contributed by atoms with Gasteiger partial charge in [0.2, 0.25) is 0 Å². The summed E-state index contributed by atoms with van der Waals surface area (Å²) in [4.78, 5) is 0. The van der Waals surface area contributed by atoms with Crippen LogP contribution < -0.4 is 15.9 Å². The predicted octanol–water partition coefficient (Wildman–Crippen LogP) is 8.54. The van der Waals surface area contributed by atoms with Gasteiger partial charge in [0.25, 0.3) is 0 Å². The van der Waals surface area contributed by atoms with E-state index in [2.05, 4.69) is 163 Å². The van der Waals surface area contributed by atoms with Crippen LogP contribution in [-0.2, 0) is 5.61 Å². The molecule has 0 aliphatic rings. The average molecular weight is 774 g/mol. The van der Waals surface area contributed by atoms with Crippen molar-refractivity contribution in [2.75, 3.05) is 11.5 Å². The van der Waals surface area contributed by atoms with Crippen LogP contribution in [-0.4, -0.2) is 11.5 Å². The molecular weight excluding hydrogens is 751 g/mol. The first-order valence-electron chi connectivity index (χ1n) is 9.02. The first-order valence-corrected chi connectivity index (χ1v) is 23.0. The normalized spacial score (nSPS) is 12.0. The quantitative estimate of drug-likeness (QED) is 0.0979. The molecule has 0 aromatic heterocycles. The topological polar surface area (TPSA) is 0 Å². The van der Waals surface area contributed by atoms with Gasteiger partial charge in [-0.2, -0.15) is 0 Å². The summed E-state index contributed by atoms with van der Waals surface area (Å²) in [6, 6.07) is 33.4. The number of unbranched alkanes of at least 4 members (excludes halogenated alkanes) is 1. The van der Waals surface area contributed by atoms with Crippen LogP contribution in [0.15, 0.2) is 91.0 Å². The Bertz CT molecular complexity index is 723. The summed E-state index contributed by atoms with van der Waals surface area (Å²) in [6.45, 7) is 0. The summed E-state index contributed by atoms with van der Waals surface area (Å²) in [5.41, 5.74) is -1.25. The second-order valence-corrected chi connectivity index (χ2v) is 44.1. The third-order valence-corrected chi connectivity index (χ3v) is 9.55. The van der Waals surface area contributed by atoms with E-state index in [0.29, 0.717) is 0 Å². The zero-order valence-electron chi connectivity index (χ0n) is 15.7. The molecule has 0 aliphatic heterocycles. The van der Waals surface area contributed by atoms with Crippen molar-refractivity contribution < 1.29 is 5.61 Å². The zero-order valence-corrected chi connectivity index (χ0v) is 25.6. The van der Waals surface area contributed by atoms with Crippen LogP contribution in [0.1, 0.15) is 12.8 Å². The van der Waals surface area contributed by atoms with Crippen LogP contribution in [0.5, 0.6) is 0 Å². The Kier molecular flexibility index (Phi) is 12.3. The van der Waals surface area contributed by atoms with E-state index in [4.69, 9.17) is 0 Å². The summed E-state index contributed by atoms with van der Waals surface area (Å²) in [6.07, 6.45) is 3.67. The van der Waals surface area contributed by atoms with E-state index in [-0.39, 0.29) is 0 Å². The molecule has 3 aromatic carbocycles. The van der Waals surface area contributed by atoms with Gasteiger partial charge in [0.05, 0.1) is 6.16 Å². The Morgan fingerprint density at radius 3 is 1.14 bits per heavy atom. The van der Waals surface area contributed by atoms with E-state index in [1.807, 2.05) is 0 Å². The minimum atomic E-state index is -1.60. The van der Waals surface area contributed by atoms with Crippen molar-refractivity contribution in [1.29, 1.82) is 0 Å². The molecule has 0 N–H and O–H groups in total. The van der Waals surface area contributed by atoms with E-state index in [1.54, 1.807) is 0 Å². The van der Waals surface area contributed by atoms with Crippen molar-refractivity contribution in [3.8, 4) is 0 Å². The Hall–Kier alpha value is 1.01. The molecule has 0 bridgehead atoms. The Balaban J connectivity index is 0.000000537. The third-order valence-electron chi connectivity index (χ3n) is 4.47. The molecule has 0 fully saturated rings. The van der Waals surface area contributed by atoms with Gasteiger partial charge in [-0.15, -0.1) is 0 Å². The molecule has 0 atom stereocenters. The zero-order chi connectivity index (χ0) is 21.2. The van der Waals surface area contributed by atoms with Crippen molar-refractivity contribution >= 4 is 95.5 Å². The van der Waals surface area contributed by atoms with Crippen molar-refractivity contribution in [3.05, 3.63) is 91.0 Å². The summed E-state index contributed by atoms with van der Waals surface area (Å²) in [7, 11) is -1.60. The molecule has 3 aromatic rings. The number of hydrogen-bond donors (Lipinski definition) is 0. The maximum absolute atomic E-state index is 3.60. The van der Waals surface area contributed by atoms with Gasteiger partial charge in [-0.1, -0.05) is 70.5 Å². The Morgan fingerprint density at radius 2 is 0.862 bits per heavy atom. The molecule has 0 aliphatic carbocycles. The molecule has 0 saturated carbocycles. The van der Waals surface area contributed by atoms with Gasteiger partial charge >= 0.3 is 62.1 Å². The summed E-state index contributed by atoms with van der Waals surface area (Å²) >= 11 is 16.6. The van der Waals surface area contributed by atoms with Crippen molar-refractivity contribution in [3.63, 3.8) is 0 Å². The Labute approximate surface area is 214 Å². The van der Waals surface area contributed by atoms with Gasteiger partial charge in [0.15, 0.2) is 0 Å². The van der Waals surface area contributed by atoms with E-state index >= 15 is 0 Å². The first kappa shape index (κ1) is 26.3. The van der Waals surface area contributed by atoms with Crippen LogP contribution in [0.2, 0.25) is 0 Å². The summed E-state index contributed by atoms with van der Waals surface area (Å²) in [5, 5.41) is 5.52. The molecule has 0 heterocycles. The maximum atomic E-state index is 3.60. The van der Waals surface area contributed by atoms with Crippen molar-refractivity contribution in [2.45, 2.75) is 12.8 Å². The fourth-order valence-corrected chi connectivity index (χ4v) is 8.13. The van der Waals surface area contributed by atoms with Gasteiger partial charge in [0.1, 0.15) is 23.2 Å². The summed E-state index contributed by atoms with van der Waals surface area (Å²) < 4.78 is 0. The van der Waals surface area contributed by atoms with E-state index < -0.39 is 12.9 Å². The molecule has 0 spiro atoms. The standard InChI is InChI=1S/C22H23BrP.4BrH.Fe/c23-18-10-11-19-24(20-12-4-1-5-13-20,21-14-6-2-7-15-21)22-16-8-3-9-17-22;;;;;/h1-9,12-17H,10-11,18-19H2;4*1H;/q+1;;;;;+3/p-4. The first-order chi connectivity index (χ1) is 13.9. The van der Waals surface area contributed by atoms with Gasteiger partial charge in [0, 0.05) is 5.33 Å². The second-order valence-electron chi connectivity index (χ2n) is 6.24. The van der Waals surface area contributed by atoms with E-state index in [0.717, 1.165) is 5.33 Å². The van der Waals surface area contributed by atoms with E-state index in [9.17, 15) is 0 Å². The second kappa shape index (κ2) is 13.5. The van der Waals surface area contributed by atoms with E-state index in [1.165, 1.54) is 34.9 Å². The number of alkyl halides is 1. The molecule has 0 saturated heterocycles. The fraction of sp³-hybridized carbons (Fsp3) is 0.182. The number of halogens is 5. The van der Waals surface area contributed by atoms with Crippen molar-refractivity contribution in [1.82, 2.24) is 0 Å². The van der Waals surface area contributed by atoms with Gasteiger partial charge in [-0.05, 0) is 49.2 Å². The van der Waals surface area contributed by atoms with Crippen LogP contribution in [0.4, 0.5) is 0 Å². The predicted molar refractivity (Wildman–Crippen MR) is 149 cm³/mol. The van der Waals surface area contributed by atoms with Crippen LogP contribution in [0, 0.1) is 0 Å². The molecule has 159 valence electrons. The molecule has 29 heavy (non-hydrogen) atoms. The van der Waals surface area contributed by atoms with Gasteiger partial charge in [-0.25, -0.2) is 0 Å². The Morgan fingerprint density at radius 1 is 0.552 bits per heavy atom. The molecule has 3 rings (SSSR count). The number of rotatable bonds is 7. The molecule has 0 amide bonds. The van der Waals surface area contributed by atoms with Gasteiger partial charge < -0.3 is 0 Å². The molecule has 0 nitrogen and oxygen atoms in total. The van der Waals surface area contributed by atoms with Gasteiger partial charge in [-0.3, -0.25) is 0 Å². The van der Waals surface area contributed by atoms with Crippen LogP contribution in [0.3, 0.4) is 0 Å². The monoisotopic (exact) mass is 769 g/mol. The summed E-state index contributed by atoms with van der Waals surface area (Å²) in [5.74, 6) is 0. The minimum absolute atomic E-state index is 1.07. The van der Waals surface area contributed by atoms with Crippen LogP contribution >= 0.6 is 79.6 Å². The molecular formula is C22H23Br5FeP. The third kappa shape index (κ3) is 8.81. The number of hydrogen-bond acceptors (Lipinski definition) is 0. The molecule has 7 heteroatoms.